The Bertz CT molecular complexity index is 469. The third-order valence-electron chi connectivity index (χ3n) is 1.42. The van der Waals surface area contributed by atoms with Crippen molar-refractivity contribution in [2.45, 2.75) is 5.51 Å². The second-order valence-corrected chi connectivity index (χ2v) is 4.32. The molecule has 0 radical (unpaired) electrons. The Balaban J connectivity index is 0. The van der Waals surface area contributed by atoms with Gasteiger partial charge in [0.1, 0.15) is 0 Å². The van der Waals surface area contributed by atoms with Crippen LogP contribution in [0.1, 0.15) is 0 Å². The van der Waals surface area contributed by atoms with E-state index in [0.29, 0.717) is 0 Å². The Morgan fingerprint density at radius 1 is 0.762 bits per heavy atom. The normalized spacial score (nSPS) is 9.90. The zero-order valence-electron chi connectivity index (χ0n) is 10.4. The molecular weight excluding hydrogens is 424 g/mol. The van der Waals surface area contributed by atoms with Crippen LogP contribution in [-0.2, 0) is 10.1 Å². The van der Waals surface area contributed by atoms with Crippen molar-refractivity contribution in [2.75, 3.05) is 0 Å². The van der Waals surface area contributed by atoms with Gasteiger partial charge in [-0.15, -0.1) is 0 Å². The van der Waals surface area contributed by atoms with Crippen LogP contribution in [0.15, 0.2) is 61.2 Å². The topological polar surface area (TPSA) is 83.0 Å². The zero-order chi connectivity index (χ0) is 15.5. The largest absolute Gasteiger partial charge is 0.741 e. The molecule has 21 heavy (non-hydrogen) atoms. The molecule has 118 valence electrons. The van der Waals surface area contributed by atoms with Crippen LogP contribution >= 0.6 is 0 Å². The van der Waals surface area contributed by atoms with E-state index in [1.54, 1.807) is 24.8 Å². The van der Waals surface area contributed by atoms with Crippen LogP contribution in [0.2, 0.25) is 0 Å². The Labute approximate surface area is 137 Å². The van der Waals surface area contributed by atoms with Gasteiger partial charge in [-0.05, 0) is 24.3 Å². The Morgan fingerprint density at radius 3 is 1.05 bits per heavy atom. The van der Waals surface area contributed by atoms with E-state index in [0.717, 1.165) is 0 Å². The maximum Gasteiger partial charge on any atom is 0.485 e. The summed E-state index contributed by atoms with van der Waals surface area (Å²) in [5, 5.41) is 0. The molecule has 5 nitrogen and oxygen atoms in total. The molecule has 2 heterocycles. The van der Waals surface area contributed by atoms with E-state index in [1.807, 2.05) is 36.4 Å². The Morgan fingerprint density at radius 2 is 1.00 bits per heavy atom. The smallest absolute Gasteiger partial charge is 0.485 e. The maximum absolute atomic E-state index is 10.7. The molecule has 10 heteroatoms. The fraction of sp³-hybridized carbons (Fsp3) is 0.0909. The lowest BCUT2D eigenvalue weighted by Gasteiger charge is -2.08. The van der Waals surface area contributed by atoms with Crippen LogP contribution in [0.4, 0.5) is 13.2 Å². The molecular formula is C11H12F3IN2O3S. The summed E-state index contributed by atoms with van der Waals surface area (Å²) in [5.41, 5.74) is -5.65. The molecule has 0 aliphatic heterocycles. The van der Waals surface area contributed by atoms with Crippen LogP contribution < -0.4 is 24.0 Å². The summed E-state index contributed by atoms with van der Waals surface area (Å²) in [4.78, 5) is 7.57. The van der Waals surface area contributed by atoms with Crippen molar-refractivity contribution in [2.24, 2.45) is 0 Å². The summed E-state index contributed by atoms with van der Waals surface area (Å²) < 4.78 is 58.9. The van der Waals surface area contributed by atoms with Crippen molar-refractivity contribution in [3.05, 3.63) is 61.2 Å². The number of hydrogen-bond donors (Lipinski definition) is 0. The summed E-state index contributed by atoms with van der Waals surface area (Å²) in [6, 6.07) is 11.4. The molecule has 2 aromatic heterocycles. The number of alkyl halides is 3. The molecule has 0 aliphatic carbocycles. The molecule has 0 bridgehead atoms. The summed E-state index contributed by atoms with van der Waals surface area (Å²) >= 11 is 0. The average molecular weight is 436 g/mol. The van der Waals surface area contributed by atoms with Crippen molar-refractivity contribution in [1.82, 2.24) is 9.97 Å². The lowest BCUT2D eigenvalue weighted by Crippen LogP contribution is -3.00. The third-order valence-corrected chi connectivity index (χ3v) is 1.98. The van der Waals surface area contributed by atoms with E-state index in [-0.39, 0.29) is 24.0 Å². The first-order chi connectivity index (χ1) is 9.25. The molecule has 0 amide bonds. The number of halogens is 4. The van der Waals surface area contributed by atoms with Gasteiger partial charge in [-0.25, -0.2) is 8.42 Å². The van der Waals surface area contributed by atoms with Gasteiger partial charge >= 0.3 is 5.51 Å². The van der Waals surface area contributed by atoms with Gasteiger partial charge in [-0.1, -0.05) is 12.1 Å². The van der Waals surface area contributed by atoms with Gasteiger partial charge in [-0.2, -0.15) is 13.2 Å². The molecule has 0 spiro atoms. The molecule has 0 N–H and O–H groups in total. The average Bonchev–Trinajstić information content (AvgIpc) is 2.42. The zero-order valence-corrected chi connectivity index (χ0v) is 13.8. The Kier molecular flexibility index (Phi) is 11.9. The van der Waals surface area contributed by atoms with Crippen LogP contribution in [0, 0.1) is 0 Å². The first-order valence-electron chi connectivity index (χ1n) is 4.97. The fourth-order valence-electron chi connectivity index (χ4n) is 0.625. The van der Waals surface area contributed by atoms with Gasteiger partial charge in [0, 0.05) is 24.8 Å². The molecule has 0 saturated carbocycles. The maximum atomic E-state index is 10.7. The highest BCUT2D eigenvalue weighted by Gasteiger charge is 2.36. The van der Waals surface area contributed by atoms with Crippen molar-refractivity contribution in [3.8, 4) is 0 Å². The molecule has 2 rings (SSSR count). The number of aromatic nitrogens is 2. The molecule has 0 aromatic carbocycles. The van der Waals surface area contributed by atoms with E-state index in [4.69, 9.17) is 13.0 Å². The minimum absolute atomic E-state index is 0. The first-order valence-corrected chi connectivity index (χ1v) is 6.38. The monoisotopic (exact) mass is 436 g/mol. The van der Waals surface area contributed by atoms with Gasteiger partial charge in [0.25, 0.3) is 0 Å². The Hall–Kier alpha value is -1.27. The fourth-order valence-corrected chi connectivity index (χ4v) is 0.625. The summed E-state index contributed by atoms with van der Waals surface area (Å²) in [5.74, 6) is 0. The molecule has 0 fully saturated rings. The highest BCUT2D eigenvalue weighted by atomic mass is 127. The van der Waals surface area contributed by atoms with Crippen LogP contribution in [0.5, 0.6) is 0 Å². The second-order valence-electron chi connectivity index (χ2n) is 2.95. The van der Waals surface area contributed by atoms with Gasteiger partial charge in [0.2, 0.25) is 24.0 Å². The number of hydrogen-bond acceptors (Lipinski definition) is 5. The lowest BCUT2D eigenvalue weighted by molar-refractivity contribution is -0.0517. The van der Waals surface area contributed by atoms with Crippen molar-refractivity contribution in [3.63, 3.8) is 0 Å². The van der Waals surface area contributed by atoms with Gasteiger partial charge in [-0.3, -0.25) is 9.97 Å². The standard InChI is InChI=1S/2C5H5N.CHF3O3S.H2I/c2*1-2-4-6-5-3-1;2-1(3,4)8(5,6)7;/h2*1-5H;(H,5,6,7);1H2/q;;;+1/p-1. The van der Waals surface area contributed by atoms with Crippen LogP contribution in [-0.4, -0.2) is 28.4 Å². The van der Waals surface area contributed by atoms with Gasteiger partial charge in [0.15, 0.2) is 10.1 Å². The predicted octanol–water partition coefficient (Wildman–Crippen LogP) is -1.32. The molecule has 0 aliphatic rings. The minimum atomic E-state index is -6.09. The second kappa shape index (κ2) is 11.4. The first kappa shape index (κ1) is 22.0. The number of nitrogens with zero attached hydrogens (tertiary/aromatic N) is 2. The van der Waals surface area contributed by atoms with Crippen molar-refractivity contribution >= 4 is 10.1 Å². The van der Waals surface area contributed by atoms with E-state index < -0.39 is 15.6 Å². The summed E-state index contributed by atoms with van der Waals surface area (Å²) in [6.45, 7) is 0. The summed E-state index contributed by atoms with van der Waals surface area (Å²) in [7, 11) is -6.09. The van der Waals surface area contributed by atoms with E-state index in [1.165, 1.54) is 0 Å². The lowest BCUT2D eigenvalue weighted by atomic mass is 10.5. The van der Waals surface area contributed by atoms with E-state index in [9.17, 15) is 13.2 Å². The minimum Gasteiger partial charge on any atom is -0.741 e. The van der Waals surface area contributed by atoms with E-state index >= 15 is 0 Å². The van der Waals surface area contributed by atoms with Gasteiger partial charge in [0.05, 0.1) is 0 Å². The SMILES string of the molecule is O=S(=O)([O-])C(F)(F)F.[IH2+].c1ccncc1.c1ccncc1. The predicted molar refractivity (Wildman–Crippen MR) is 67.0 cm³/mol. The van der Waals surface area contributed by atoms with E-state index in [2.05, 4.69) is 9.97 Å². The summed E-state index contributed by atoms with van der Waals surface area (Å²) in [6.07, 6.45) is 7.00. The number of pyridine rings is 2. The van der Waals surface area contributed by atoms with Crippen molar-refractivity contribution in [1.29, 1.82) is 0 Å². The highest BCUT2D eigenvalue weighted by Crippen LogP contribution is 2.20. The van der Waals surface area contributed by atoms with Crippen LogP contribution in [0.25, 0.3) is 0 Å². The highest BCUT2D eigenvalue weighted by molar-refractivity contribution is 7.86. The van der Waals surface area contributed by atoms with Crippen LogP contribution in [0.3, 0.4) is 0 Å². The number of rotatable bonds is 0. The van der Waals surface area contributed by atoms with Gasteiger partial charge < -0.3 is 4.55 Å². The molecule has 0 saturated heterocycles. The quantitative estimate of drug-likeness (QED) is 0.291. The molecule has 2 aromatic rings. The molecule has 0 atom stereocenters. The molecule has 0 unspecified atom stereocenters. The third kappa shape index (κ3) is 13.5. The van der Waals surface area contributed by atoms with Crippen molar-refractivity contribution < 1.29 is 50.1 Å².